The fraction of sp³-hybridized carbons (Fsp3) is 0.571. The van der Waals surface area contributed by atoms with Crippen LogP contribution in [0.15, 0.2) is 22.5 Å². The highest BCUT2D eigenvalue weighted by Gasteiger charge is 2.26. The third-order valence-corrected chi connectivity index (χ3v) is 7.60. The summed E-state index contributed by atoms with van der Waals surface area (Å²) < 4.78 is 7.28. The van der Waals surface area contributed by atoms with Crippen LogP contribution in [0.4, 0.5) is 5.69 Å². The van der Waals surface area contributed by atoms with Crippen molar-refractivity contribution in [1.29, 1.82) is 0 Å². The van der Waals surface area contributed by atoms with Gasteiger partial charge in [0.2, 0.25) is 11.8 Å². The number of methoxy groups -OCH3 is 1. The first-order valence-electron chi connectivity index (χ1n) is 10.2. The molecule has 1 heterocycles. The summed E-state index contributed by atoms with van der Waals surface area (Å²) in [5.41, 5.74) is 1.70. The van der Waals surface area contributed by atoms with Crippen LogP contribution in [0, 0.1) is 5.92 Å². The van der Waals surface area contributed by atoms with Gasteiger partial charge < -0.3 is 15.0 Å². The molecule has 0 aliphatic heterocycles. The highest BCUT2D eigenvalue weighted by Crippen LogP contribution is 2.32. The molecule has 0 atom stereocenters. The molecule has 8 heteroatoms. The van der Waals surface area contributed by atoms with Crippen molar-refractivity contribution in [3.8, 4) is 0 Å². The zero-order valence-electron chi connectivity index (χ0n) is 17.3. The number of hydrogen-bond donors (Lipinski definition) is 1. The van der Waals surface area contributed by atoms with Crippen molar-refractivity contribution in [3.63, 3.8) is 0 Å². The summed E-state index contributed by atoms with van der Waals surface area (Å²) in [6.07, 6.45) is 3.91. The molecular weight excluding hydrogens is 406 g/mol. The molecular formula is C21H29N3O3S2. The third-order valence-electron chi connectivity index (χ3n) is 5.45. The van der Waals surface area contributed by atoms with Gasteiger partial charge in [-0.2, -0.15) is 0 Å². The second-order valence-electron chi connectivity index (χ2n) is 7.22. The Hall–Kier alpha value is -1.64. The molecule has 1 aliphatic carbocycles. The van der Waals surface area contributed by atoms with E-state index in [4.69, 9.17) is 4.74 Å². The van der Waals surface area contributed by atoms with Gasteiger partial charge in [0.25, 0.3) is 0 Å². The predicted molar refractivity (Wildman–Crippen MR) is 120 cm³/mol. The van der Waals surface area contributed by atoms with Crippen LogP contribution in [-0.4, -0.2) is 53.8 Å². The number of amides is 2. The van der Waals surface area contributed by atoms with Crippen molar-refractivity contribution < 1.29 is 14.3 Å². The minimum atomic E-state index is 0.0516. The summed E-state index contributed by atoms with van der Waals surface area (Å²) >= 11 is 3.03. The number of anilines is 1. The lowest BCUT2D eigenvalue weighted by atomic mass is 9.87. The van der Waals surface area contributed by atoms with E-state index in [1.165, 1.54) is 11.8 Å². The molecule has 1 saturated carbocycles. The number of nitrogens with zero attached hydrogens (tertiary/aromatic N) is 2. The van der Waals surface area contributed by atoms with Gasteiger partial charge in [-0.05, 0) is 57.7 Å². The number of hydrogen-bond acceptors (Lipinski definition) is 6. The lowest BCUT2D eigenvalue weighted by Gasteiger charge is -2.26. The van der Waals surface area contributed by atoms with Crippen molar-refractivity contribution in [2.45, 2.75) is 50.0 Å². The van der Waals surface area contributed by atoms with E-state index < -0.39 is 0 Å². The van der Waals surface area contributed by atoms with Crippen LogP contribution in [0.25, 0.3) is 10.2 Å². The van der Waals surface area contributed by atoms with Crippen LogP contribution < -0.4 is 5.32 Å². The summed E-state index contributed by atoms with van der Waals surface area (Å²) in [5.74, 6) is 0.670. The molecule has 0 bridgehead atoms. The molecule has 6 nitrogen and oxygen atoms in total. The monoisotopic (exact) mass is 435 g/mol. The van der Waals surface area contributed by atoms with E-state index in [0.717, 1.165) is 59.0 Å². The van der Waals surface area contributed by atoms with Crippen molar-refractivity contribution in [2.75, 3.05) is 31.3 Å². The van der Waals surface area contributed by atoms with Gasteiger partial charge in [0, 0.05) is 31.8 Å². The Labute approximate surface area is 180 Å². The highest BCUT2D eigenvalue weighted by atomic mass is 32.2. The number of fused-ring (bicyclic) bond motifs is 1. The van der Waals surface area contributed by atoms with Gasteiger partial charge in [-0.3, -0.25) is 9.59 Å². The van der Waals surface area contributed by atoms with Crippen molar-refractivity contribution in [1.82, 2.24) is 9.88 Å². The molecule has 1 aliphatic rings. The molecule has 1 aromatic carbocycles. The van der Waals surface area contributed by atoms with Crippen LogP contribution in [0.3, 0.4) is 0 Å². The zero-order valence-corrected chi connectivity index (χ0v) is 18.9. The van der Waals surface area contributed by atoms with Gasteiger partial charge in [0.05, 0.1) is 22.1 Å². The molecule has 1 fully saturated rings. The Morgan fingerprint density at radius 1 is 1.24 bits per heavy atom. The Balaban J connectivity index is 1.59. The Morgan fingerprint density at radius 2 is 1.97 bits per heavy atom. The lowest BCUT2D eigenvalue weighted by Crippen LogP contribution is -2.31. The zero-order chi connectivity index (χ0) is 20.8. The molecule has 0 unspecified atom stereocenters. The standard InChI is InChI=1S/C21H29N3O3S2/c1-4-24(5-2)19(25)13-28-21-23-17-11-8-15(12-18(17)29-21)22-20(26)14-6-9-16(27-3)10-7-14/h8,11-12,14,16H,4-7,9-10,13H2,1-3H3,(H,22,26). The maximum atomic E-state index is 12.6. The molecule has 0 spiro atoms. The third kappa shape index (κ3) is 5.71. The van der Waals surface area contributed by atoms with E-state index in [2.05, 4.69) is 10.3 Å². The van der Waals surface area contributed by atoms with E-state index in [-0.39, 0.29) is 23.8 Å². The van der Waals surface area contributed by atoms with Crippen LogP contribution in [0.1, 0.15) is 39.5 Å². The van der Waals surface area contributed by atoms with E-state index >= 15 is 0 Å². The number of aromatic nitrogens is 1. The fourth-order valence-electron chi connectivity index (χ4n) is 3.64. The first-order chi connectivity index (χ1) is 14.0. The quantitative estimate of drug-likeness (QED) is 0.622. The van der Waals surface area contributed by atoms with Gasteiger partial charge in [0.15, 0.2) is 4.34 Å². The molecule has 0 saturated heterocycles. The largest absolute Gasteiger partial charge is 0.381 e. The maximum absolute atomic E-state index is 12.6. The highest BCUT2D eigenvalue weighted by molar-refractivity contribution is 8.01. The van der Waals surface area contributed by atoms with E-state index in [1.807, 2.05) is 36.9 Å². The number of benzene rings is 1. The van der Waals surface area contributed by atoms with Crippen LogP contribution in [-0.2, 0) is 14.3 Å². The summed E-state index contributed by atoms with van der Waals surface area (Å²) in [7, 11) is 1.74. The SMILES string of the molecule is CCN(CC)C(=O)CSc1nc2ccc(NC(=O)C3CCC(OC)CC3)cc2s1. The number of carbonyl (C=O) groups is 2. The lowest BCUT2D eigenvalue weighted by molar-refractivity contribution is -0.128. The molecule has 3 rings (SSSR count). The van der Waals surface area contributed by atoms with Gasteiger partial charge in [-0.15, -0.1) is 11.3 Å². The molecule has 1 aromatic heterocycles. The maximum Gasteiger partial charge on any atom is 0.232 e. The average molecular weight is 436 g/mol. The van der Waals surface area contributed by atoms with E-state index in [1.54, 1.807) is 18.4 Å². The topological polar surface area (TPSA) is 71.5 Å². The number of thioether (sulfide) groups is 1. The first-order valence-corrected chi connectivity index (χ1v) is 12.0. The normalized spacial score (nSPS) is 19.3. The average Bonchev–Trinajstić information content (AvgIpc) is 3.15. The summed E-state index contributed by atoms with van der Waals surface area (Å²) in [4.78, 5) is 31.2. The molecule has 158 valence electrons. The van der Waals surface area contributed by atoms with Crippen LogP contribution >= 0.6 is 23.1 Å². The number of carbonyl (C=O) groups excluding carboxylic acids is 2. The summed E-state index contributed by atoms with van der Waals surface area (Å²) in [5, 5.41) is 3.06. The predicted octanol–water partition coefficient (Wildman–Crippen LogP) is 4.40. The van der Waals surface area contributed by atoms with Gasteiger partial charge in [-0.25, -0.2) is 4.98 Å². The molecule has 29 heavy (non-hydrogen) atoms. The smallest absolute Gasteiger partial charge is 0.232 e. The minimum Gasteiger partial charge on any atom is -0.381 e. The Kier molecular flexibility index (Phi) is 7.91. The summed E-state index contributed by atoms with van der Waals surface area (Å²) in [6.45, 7) is 5.43. The van der Waals surface area contributed by atoms with Crippen LogP contribution in [0.5, 0.6) is 0 Å². The summed E-state index contributed by atoms with van der Waals surface area (Å²) in [6, 6.07) is 5.80. The van der Waals surface area contributed by atoms with Gasteiger partial charge in [0.1, 0.15) is 0 Å². The minimum absolute atomic E-state index is 0.0516. The number of nitrogens with one attached hydrogen (secondary N) is 1. The molecule has 2 aromatic rings. The number of thiazole rings is 1. The van der Waals surface area contributed by atoms with Crippen LogP contribution in [0.2, 0.25) is 0 Å². The Morgan fingerprint density at radius 3 is 2.62 bits per heavy atom. The molecule has 0 radical (unpaired) electrons. The van der Waals surface area contributed by atoms with Gasteiger partial charge in [-0.1, -0.05) is 11.8 Å². The molecule has 2 amide bonds. The van der Waals surface area contributed by atoms with Crippen molar-refractivity contribution >= 4 is 50.8 Å². The first kappa shape index (κ1) is 22.1. The molecule has 1 N–H and O–H groups in total. The van der Waals surface area contributed by atoms with Gasteiger partial charge >= 0.3 is 0 Å². The van der Waals surface area contributed by atoms with Crippen molar-refractivity contribution in [2.24, 2.45) is 5.92 Å². The van der Waals surface area contributed by atoms with Crippen molar-refractivity contribution in [3.05, 3.63) is 18.2 Å². The second-order valence-corrected chi connectivity index (χ2v) is 9.47. The number of rotatable bonds is 8. The second kappa shape index (κ2) is 10.4. The van der Waals surface area contributed by atoms with E-state index in [0.29, 0.717) is 5.75 Å². The van der Waals surface area contributed by atoms with E-state index in [9.17, 15) is 9.59 Å². The fourth-order valence-corrected chi connectivity index (χ4v) is 5.65. The Bertz CT molecular complexity index is 843. The number of ether oxygens (including phenoxy) is 1.